The summed E-state index contributed by atoms with van der Waals surface area (Å²) in [6.07, 6.45) is 2.25. The van der Waals surface area contributed by atoms with Gasteiger partial charge in [0.1, 0.15) is 0 Å². The first-order valence-electron chi connectivity index (χ1n) is 7.28. The summed E-state index contributed by atoms with van der Waals surface area (Å²) in [5.74, 6) is -1.73. The first-order chi connectivity index (χ1) is 10.7. The Labute approximate surface area is 135 Å². The van der Waals surface area contributed by atoms with Crippen molar-refractivity contribution in [3.05, 3.63) is 29.3 Å². The highest BCUT2D eigenvalue weighted by Gasteiger charge is 2.28. The minimum atomic E-state index is -3.44. The molecule has 0 radical (unpaired) electrons. The summed E-state index contributed by atoms with van der Waals surface area (Å²) >= 11 is 0. The number of carbonyl (C=O) groups is 2. The summed E-state index contributed by atoms with van der Waals surface area (Å²) in [4.78, 5) is 25.2. The Morgan fingerprint density at radius 2 is 2.04 bits per heavy atom. The summed E-state index contributed by atoms with van der Waals surface area (Å²) in [5.41, 5.74) is 1.40. The predicted molar refractivity (Wildman–Crippen MR) is 85.9 cm³/mol. The number of likely N-dealkylation sites (tertiary alicyclic amines) is 1. The van der Waals surface area contributed by atoms with E-state index in [0.717, 1.165) is 6.26 Å². The molecule has 1 aromatic carbocycles. The standard InChI is InChI=1S/C15H20N2O5S/c1-10-5-6-11(8-13(10)16-23(2,21)22)14(18)17-7-3-4-12(9-17)15(19)20/h5-6,8,12,16H,3-4,7,9H2,1-2H3,(H,19,20). The lowest BCUT2D eigenvalue weighted by molar-refractivity contribution is -0.143. The Balaban J connectivity index is 2.22. The van der Waals surface area contributed by atoms with Gasteiger partial charge >= 0.3 is 5.97 Å². The summed E-state index contributed by atoms with van der Waals surface area (Å²) < 4.78 is 25.1. The maximum Gasteiger partial charge on any atom is 0.308 e. The fourth-order valence-electron chi connectivity index (χ4n) is 2.61. The maximum absolute atomic E-state index is 12.6. The fraction of sp³-hybridized carbons (Fsp3) is 0.467. The highest BCUT2D eigenvalue weighted by atomic mass is 32.2. The van der Waals surface area contributed by atoms with Crippen LogP contribution in [0.4, 0.5) is 5.69 Å². The number of carboxylic acids is 1. The topological polar surface area (TPSA) is 104 Å². The largest absolute Gasteiger partial charge is 0.481 e. The van der Waals surface area contributed by atoms with E-state index in [4.69, 9.17) is 5.11 Å². The van der Waals surface area contributed by atoms with Crippen LogP contribution in [0.5, 0.6) is 0 Å². The van der Waals surface area contributed by atoms with Gasteiger partial charge in [0.25, 0.3) is 5.91 Å². The van der Waals surface area contributed by atoms with Crippen molar-refractivity contribution in [2.75, 3.05) is 24.1 Å². The van der Waals surface area contributed by atoms with Gasteiger partial charge in [-0.25, -0.2) is 8.42 Å². The van der Waals surface area contributed by atoms with E-state index in [0.29, 0.717) is 36.2 Å². The predicted octanol–water partition coefficient (Wildman–Crippen LogP) is 1.30. The Morgan fingerprint density at radius 3 is 2.65 bits per heavy atom. The van der Waals surface area contributed by atoms with Gasteiger partial charge < -0.3 is 10.0 Å². The molecule has 8 heteroatoms. The van der Waals surface area contributed by atoms with E-state index < -0.39 is 21.9 Å². The van der Waals surface area contributed by atoms with Gasteiger partial charge in [-0.05, 0) is 37.5 Å². The molecule has 1 atom stereocenters. The van der Waals surface area contributed by atoms with Crippen molar-refractivity contribution < 1.29 is 23.1 Å². The second-order valence-electron chi connectivity index (χ2n) is 5.83. The smallest absolute Gasteiger partial charge is 0.308 e. The van der Waals surface area contributed by atoms with E-state index in [9.17, 15) is 18.0 Å². The molecule has 1 heterocycles. The Hall–Kier alpha value is -2.09. The van der Waals surface area contributed by atoms with Crippen LogP contribution in [0, 0.1) is 12.8 Å². The zero-order valence-electron chi connectivity index (χ0n) is 13.1. The molecular formula is C15H20N2O5S. The van der Waals surface area contributed by atoms with Gasteiger partial charge in [-0.2, -0.15) is 0 Å². The van der Waals surface area contributed by atoms with Gasteiger partial charge in [0.15, 0.2) is 0 Å². The van der Waals surface area contributed by atoms with E-state index in [1.165, 1.54) is 11.0 Å². The Kier molecular flexibility index (Phi) is 4.93. The number of rotatable bonds is 4. The molecule has 0 aromatic heterocycles. The minimum Gasteiger partial charge on any atom is -0.481 e. The molecule has 0 spiro atoms. The van der Waals surface area contributed by atoms with Gasteiger partial charge in [0.2, 0.25) is 10.0 Å². The number of nitrogens with one attached hydrogen (secondary N) is 1. The third-order valence-corrected chi connectivity index (χ3v) is 4.43. The number of carbonyl (C=O) groups excluding carboxylic acids is 1. The number of aryl methyl sites for hydroxylation is 1. The number of piperidine rings is 1. The molecule has 0 bridgehead atoms. The van der Waals surface area contributed by atoms with Crippen molar-refractivity contribution >= 4 is 27.6 Å². The van der Waals surface area contributed by atoms with Crippen LogP contribution in [0.1, 0.15) is 28.8 Å². The van der Waals surface area contributed by atoms with Crippen LogP contribution in [-0.2, 0) is 14.8 Å². The number of aliphatic carboxylic acids is 1. The summed E-state index contributed by atoms with van der Waals surface area (Å²) in [6, 6.07) is 4.78. The number of anilines is 1. The monoisotopic (exact) mass is 340 g/mol. The first-order valence-corrected chi connectivity index (χ1v) is 9.17. The second kappa shape index (κ2) is 6.57. The summed E-state index contributed by atoms with van der Waals surface area (Å²) in [6.45, 7) is 2.42. The molecular weight excluding hydrogens is 320 g/mol. The Morgan fingerprint density at radius 1 is 1.35 bits per heavy atom. The molecule has 1 aliphatic heterocycles. The molecule has 2 N–H and O–H groups in total. The molecule has 1 aliphatic rings. The van der Waals surface area contributed by atoms with E-state index in [2.05, 4.69) is 4.72 Å². The lowest BCUT2D eigenvalue weighted by Gasteiger charge is -2.31. The van der Waals surface area contributed by atoms with Gasteiger partial charge in [-0.15, -0.1) is 0 Å². The highest BCUT2D eigenvalue weighted by molar-refractivity contribution is 7.92. The lowest BCUT2D eigenvalue weighted by Crippen LogP contribution is -2.42. The number of hydrogen-bond acceptors (Lipinski definition) is 4. The maximum atomic E-state index is 12.6. The second-order valence-corrected chi connectivity index (χ2v) is 7.58. The van der Waals surface area contributed by atoms with Crippen molar-refractivity contribution in [1.29, 1.82) is 0 Å². The quantitative estimate of drug-likeness (QED) is 0.860. The van der Waals surface area contributed by atoms with Crippen molar-refractivity contribution in [3.8, 4) is 0 Å². The van der Waals surface area contributed by atoms with Crippen molar-refractivity contribution in [3.63, 3.8) is 0 Å². The van der Waals surface area contributed by atoms with Crippen molar-refractivity contribution in [1.82, 2.24) is 4.90 Å². The normalized spacial score (nSPS) is 18.5. The molecule has 126 valence electrons. The highest BCUT2D eigenvalue weighted by Crippen LogP contribution is 2.22. The number of amides is 1. The van der Waals surface area contributed by atoms with Gasteiger partial charge in [-0.3, -0.25) is 14.3 Å². The number of sulfonamides is 1. The van der Waals surface area contributed by atoms with E-state index in [-0.39, 0.29) is 12.5 Å². The van der Waals surface area contributed by atoms with Gasteiger partial charge in [0, 0.05) is 18.7 Å². The van der Waals surface area contributed by atoms with Gasteiger partial charge in [0.05, 0.1) is 17.9 Å². The van der Waals surface area contributed by atoms with Gasteiger partial charge in [-0.1, -0.05) is 6.07 Å². The average Bonchev–Trinajstić information content (AvgIpc) is 2.47. The molecule has 1 saturated heterocycles. The molecule has 1 amide bonds. The van der Waals surface area contributed by atoms with E-state index >= 15 is 0 Å². The molecule has 1 fully saturated rings. The zero-order valence-corrected chi connectivity index (χ0v) is 13.9. The Bertz CT molecular complexity index is 729. The van der Waals surface area contributed by atoms with Crippen molar-refractivity contribution in [2.24, 2.45) is 5.92 Å². The van der Waals surface area contributed by atoms with Crippen LogP contribution < -0.4 is 4.72 Å². The molecule has 23 heavy (non-hydrogen) atoms. The third-order valence-electron chi connectivity index (χ3n) is 3.84. The fourth-order valence-corrected chi connectivity index (χ4v) is 3.23. The van der Waals surface area contributed by atoms with E-state index in [1.54, 1.807) is 19.1 Å². The number of nitrogens with zero attached hydrogens (tertiary/aromatic N) is 1. The molecule has 2 rings (SSSR count). The van der Waals surface area contributed by atoms with Crippen LogP contribution in [-0.4, -0.2) is 49.6 Å². The molecule has 0 saturated carbocycles. The average molecular weight is 340 g/mol. The summed E-state index contributed by atoms with van der Waals surface area (Å²) in [7, 11) is -3.44. The van der Waals surface area contributed by atoms with Crippen LogP contribution in [0.25, 0.3) is 0 Å². The number of benzene rings is 1. The minimum absolute atomic E-state index is 0.177. The van der Waals surface area contributed by atoms with Crippen LogP contribution in [0.15, 0.2) is 18.2 Å². The first kappa shape index (κ1) is 17.3. The summed E-state index contributed by atoms with van der Waals surface area (Å²) in [5, 5.41) is 9.10. The van der Waals surface area contributed by atoms with Crippen LogP contribution in [0.2, 0.25) is 0 Å². The molecule has 1 unspecified atom stereocenters. The molecule has 0 aliphatic carbocycles. The van der Waals surface area contributed by atoms with E-state index in [1.807, 2.05) is 0 Å². The number of hydrogen-bond donors (Lipinski definition) is 2. The number of carboxylic acid groups (broad SMARTS) is 1. The van der Waals surface area contributed by atoms with Crippen LogP contribution >= 0.6 is 0 Å². The lowest BCUT2D eigenvalue weighted by atomic mass is 9.97. The molecule has 1 aromatic rings. The van der Waals surface area contributed by atoms with Crippen LogP contribution in [0.3, 0.4) is 0 Å². The SMILES string of the molecule is Cc1ccc(C(=O)N2CCCC(C(=O)O)C2)cc1NS(C)(=O)=O. The van der Waals surface area contributed by atoms with Crippen molar-refractivity contribution in [2.45, 2.75) is 19.8 Å². The zero-order chi connectivity index (χ0) is 17.2. The molecule has 7 nitrogen and oxygen atoms in total. The third kappa shape index (κ3) is 4.44.